The van der Waals surface area contributed by atoms with E-state index in [0.717, 1.165) is 5.39 Å². The number of fused-ring (bicyclic) bond motifs is 1. The molecule has 1 aromatic heterocycles. The monoisotopic (exact) mass is 425 g/mol. The summed E-state index contributed by atoms with van der Waals surface area (Å²) < 4.78 is 10.7. The Morgan fingerprint density at radius 3 is 2.87 bits per heavy atom. The smallest absolute Gasteiger partial charge is 0.464 e. The van der Waals surface area contributed by atoms with Gasteiger partial charge in [-0.1, -0.05) is 24.8 Å². The van der Waals surface area contributed by atoms with Crippen LogP contribution in [0.2, 0.25) is 0 Å². The fourth-order valence-corrected chi connectivity index (χ4v) is 3.83. The minimum Gasteiger partial charge on any atom is -0.464 e. The first-order chi connectivity index (χ1) is 14.8. The number of nitriles is 1. The van der Waals surface area contributed by atoms with Crippen molar-refractivity contribution in [2.45, 2.75) is 44.2 Å². The van der Waals surface area contributed by atoms with E-state index in [1.807, 2.05) is 25.1 Å². The summed E-state index contributed by atoms with van der Waals surface area (Å²) >= 11 is 0. The summed E-state index contributed by atoms with van der Waals surface area (Å²) in [5.41, 5.74) is 1.20. The largest absolute Gasteiger partial charge is 0.475 e. The second-order valence-corrected chi connectivity index (χ2v) is 7.61. The maximum absolute atomic E-state index is 12.4. The molecule has 2 amide bonds. The lowest BCUT2D eigenvalue weighted by Gasteiger charge is -2.28. The van der Waals surface area contributed by atoms with Gasteiger partial charge in [-0.15, -0.1) is 0 Å². The first-order valence-corrected chi connectivity index (χ1v) is 9.98. The highest BCUT2D eigenvalue weighted by Gasteiger charge is 2.36. The first kappa shape index (κ1) is 22.4. The third kappa shape index (κ3) is 5.07. The van der Waals surface area contributed by atoms with Gasteiger partial charge in [0.2, 0.25) is 0 Å². The second-order valence-electron chi connectivity index (χ2n) is 7.61. The highest BCUT2D eigenvalue weighted by Crippen LogP contribution is 2.26. The number of likely N-dealkylation sites (tertiary alicyclic amines) is 1. The van der Waals surface area contributed by atoms with Crippen LogP contribution in [0.15, 0.2) is 47.1 Å². The lowest BCUT2D eigenvalue weighted by Crippen LogP contribution is -2.49. The fourth-order valence-electron chi connectivity index (χ4n) is 3.83. The zero-order chi connectivity index (χ0) is 22.5. The molecule has 10 heteroatoms. The van der Waals surface area contributed by atoms with E-state index in [1.54, 1.807) is 12.1 Å². The molecule has 0 saturated carbocycles. The van der Waals surface area contributed by atoms with Crippen LogP contribution in [0.3, 0.4) is 0 Å². The summed E-state index contributed by atoms with van der Waals surface area (Å²) in [4.78, 5) is 26.2. The molecule has 1 aromatic carbocycles. The summed E-state index contributed by atoms with van der Waals surface area (Å²) in [5.74, 6) is -1.50. The summed E-state index contributed by atoms with van der Waals surface area (Å²) in [5, 5.41) is 31.6. The summed E-state index contributed by atoms with van der Waals surface area (Å²) in [6.45, 7) is 5.24. The predicted molar refractivity (Wildman–Crippen MR) is 112 cm³/mol. The van der Waals surface area contributed by atoms with E-state index >= 15 is 0 Å². The molecule has 1 aliphatic rings. The predicted octanol–water partition coefficient (Wildman–Crippen LogP) is 1.54. The minimum absolute atomic E-state index is 0.0799. The Balaban J connectivity index is 1.60. The number of hydrogen-bond donors (Lipinski definition) is 3. The van der Waals surface area contributed by atoms with Crippen LogP contribution in [0.4, 0.5) is 4.79 Å². The number of nitrogens with zero attached hydrogens (tertiary/aromatic N) is 2. The molecule has 3 N–H and O–H groups in total. The summed E-state index contributed by atoms with van der Waals surface area (Å²) in [6, 6.07) is 8.57. The normalized spacial score (nSPS) is 19.0. The van der Waals surface area contributed by atoms with Gasteiger partial charge in [0, 0.05) is 11.4 Å². The molecule has 0 spiro atoms. The molecule has 0 bridgehead atoms. The Hall–Kier alpha value is -3.29. The zero-order valence-corrected chi connectivity index (χ0v) is 17.2. The number of alkyl carbamates (subject to hydrolysis) is 1. The summed E-state index contributed by atoms with van der Waals surface area (Å²) in [7, 11) is -1.82. The Labute approximate surface area is 180 Å². The molecule has 1 fully saturated rings. The Bertz CT molecular complexity index is 1010. The van der Waals surface area contributed by atoms with E-state index in [2.05, 4.69) is 11.9 Å². The first-order valence-electron chi connectivity index (χ1n) is 9.98. The highest BCUT2D eigenvalue weighted by molar-refractivity contribution is 6.43. The summed E-state index contributed by atoms with van der Waals surface area (Å²) in [6.07, 6.45) is 2.13. The number of benzene rings is 1. The molecule has 0 aliphatic carbocycles. The number of amides is 2. The van der Waals surface area contributed by atoms with E-state index in [4.69, 9.17) is 14.4 Å². The Kier molecular flexibility index (Phi) is 7.00. The second kappa shape index (κ2) is 9.68. The van der Waals surface area contributed by atoms with Crippen molar-refractivity contribution in [1.29, 1.82) is 5.26 Å². The van der Waals surface area contributed by atoms with Crippen LogP contribution in [0.25, 0.3) is 11.0 Å². The lowest BCUT2D eigenvalue weighted by atomic mass is 9.76. The van der Waals surface area contributed by atoms with Crippen LogP contribution in [0.5, 0.6) is 0 Å². The van der Waals surface area contributed by atoms with Crippen molar-refractivity contribution in [3.63, 3.8) is 0 Å². The molecule has 1 aliphatic heterocycles. The Morgan fingerprint density at radius 1 is 1.42 bits per heavy atom. The third-order valence-corrected chi connectivity index (χ3v) is 5.48. The quantitative estimate of drug-likeness (QED) is 0.348. The number of rotatable bonds is 7. The lowest BCUT2D eigenvalue weighted by molar-refractivity contribution is -0.130. The van der Waals surface area contributed by atoms with Gasteiger partial charge in [0.25, 0.3) is 5.91 Å². The van der Waals surface area contributed by atoms with Gasteiger partial charge >= 0.3 is 13.2 Å². The molecule has 31 heavy (non-hydrogen) atoms. The van der Waals surface area contributed by atoms with Crippen LogP contribution < -0.4 is 5.32 Å². The molecule has 0 unspecified atom stereocenters. The molecular weight excluding hydrogens is 401 g/mol. The molecular formula is C21H24BN3O6. The average molecular weight is 425 g/mol. The maximum atomic E-state index is 12.4. The van der Waals surface area contributed by atoms with Gasteiger partial charge in [-0.3, -0.25) is 4.79 Å². The van der Waals surface area contributed by atoms with Crippen LogP contribution in [-0.2, 0) is 16.0 Å². The third-order valence-electron chi connectivity index (χ3n) is 5.48. The number of carbonyl (C=O) groups is 2. The van der Waals surface area contributed by atoms with Gasteiger partial charge in [0.05, 0.1) is 18.2 Å². The number of para-hydroxylation sites is 1. The van der Waals surface area contributed by atoms with Crippen molar-refractivity contribution in [3.05, 3.63) is 48.2 Å². The molecule has 3 atom stereocenters. The van der Waals surface area contributed by atoms with Crippen LogP contribution in [-0.4, -0.2) is 58.7 Å². The van der Waals surface area contributed by atoms with Crippen LogP contribution in [0, 0.1) is 11.3 Å². The molecule has 2 heterocycles. The number of carbonyl (C=O) groups excluding carboxylic acids is 2. The van der Waals surface area contributed by atoms with Gasteiger partial charge in [-0.05, 0) is 37.8 Å². The van der Waals surface area contributed by atoms with Crippen molar-refractivity contribution in [2.24, 2.45) is 0 Å². The number of hydrogen-bond acceptors (Lipinski definition) is 7. The van der Waals surface area contributed by atoms with Gasteiger partial charge < -0.3 is 29.4 Å². The van der Waals surface area contributed by atoms with Gasteiger partial charge in [-0.2, -0.15) is 5.26 Å². The number of ether oxygens (including phenoxy) is 1. The minimum atomic E-state index is -1.82. The molecule has 0 radical (unpaired) electrons. The average Bonchev–Trinajstić information content (AvgIpc) is 3.33. The van der Waals surface area contributed by atoms with E-state index in [9.17, 15) is 19.6 Å². The van der Waals surface area contributed by atoms with Crippen LogP contribution in [0.1, 0.15) is 25.3 Å². The van der Waals surface area contributed by atoms with Gasteiger partial charge in [0.1, 0.15) is 23.8 Å². The van der Waals surface area contributed by atoms with Crippen molar-refractivity contribution in [2.75, 3.05) is 6.61 Å². The van der Waals surface area contributed by atoms with E-state index in [1.165, 1.54) is 11.2 Å². The molecule has 1 saturated heterocycles. The van der Waals surface area contributed by atoms with Crippen molar-refractivity contribution in [1.82, 2.24) is 10.2 Å². The number of nitrogens with one attached hydrogen (secondary N) is 1. The van der Waals surface area contributed by atoms with Crippen LogP contribution >= 0.6 is 0 Å². The topological polar surface area (TPSA) is 136 Å². The number of furan rings is 1. The molecule has 3 rings (SSSR count). The van der Waals surface area contributed by atoms with Gasteiger partial charge in [-0.25, -0.2) is 4.79 Å². The maximum Gasteiger partial charge on any atom is 0.475 e. The zero-order valence-electron chi connectivity index (χ0n) is 17.2. The highest BCUT2D eigenvalue weighted by atomic mass is 16.5. The van der Waals surface area contributed by atoms with Crippen molar-refractivity contribution < 1.29 is 28.8 Å². The van der Waals surface area contributed by atoms with E-state index in [-0.39, 0.29) is 30.7 Å². The molecule has 9 nitrogen and oxygen atoms in total. The molecule has 162 valence electrons. The SMILES string of the molecule is C=C(C#N)C(=O)N1[C@@H](COC(=O)N[C@@H](Cc2coc3ccccc23)B(O)O)CC[C@@H]1C. The van der Waals surface area contributed by atoms with E-state index < -0.39 is 25.1 Å². The molecule has 2 aromatic rings. The fraction of sp³-hybridized carbons (Fsp3) is 0.381. The standard InChI is InChI=1S/C21H24BN3O6/c1-13(10-23)20(26)25-14(2)7-8-16(25)12-31-21(27)24-19(22(28)29)9-15-11-30-18-6-4-3-5-17(15)18/h3-6,11,14,16,19,28-29H,1,7-9,12H2,2H3,(H,24,27)/t14-,16+,19-/m0/s1. The Morgan fingerprint density at radius 2 is 2.16 bits per heavy atom. The van der Waals surface area contributed by atoms with Crippen molar-refractivity contribution >= 4 is 30.1 Å². The van der Waals surface area contributed by atoms with E-state index in [0.29, 0.717) is 24.0 Å². The van der Waals surface area contributed by atoms with Crippen molar-refractivity contribution in [3.8, 4) is 6.07 Å². The van der Waals surface area contributed by atoms with Gasteiger partial charge in [0.15, 0.2) is 0 Å².